The van der Waals surface area contributed by atoms with Gasteiger partial charge in [0.2, 0.25) is 5.91 Å². The molecule has 0 spiro atoms. The molecule has 1 heterocycles. The fourth-order valence-electron chi connectivity index (χ4n) is 3.41. The molecule has 2 N–H and O–H groups in total. The summed E-state index contributed by atoms with van der Waals surface area (Å²) in [5.74, 6) is 0.680. The summed E-state index contributed by atoms with van der Waals surface area (Å²) in [4.78, 5) is 25.1. The molecule has 1 saturated heterocycles. The molecule has 3 atom stereocenters. The molecule has 21 heavy (non-hydrogen) atoms. The third-order valence-electron chi connectivity index (χ3n) is 4.45. The summed E-state index contributed by atoms with van der Waals surface area (Å²) in [6.45, 7) is 4.80. The second-order valence-electron chi connectivity index (χ2n) is 6.02. The normalized spacial score (nSPS) is 28.4. The maximum absolute atomic E-state index is 11.8. The van der Waals surface area contributed by atoms with E-state index in [0.29, 0.717) is 44.4 Å². The van der Waals surface area contributed by atoms with Crippen molar-refractivity contribution in [2.24, 2.45) is 11.8 Å². The van der Waals surface area contributed by atoms with Crippen LogP contribution in [0.2, 0.25) is 0 Å². The largest absolute Gasteiger partial charge is 0.466 e. The lowest BCUT2D eigenvalue weighted by molar-refractivity contribution is -0.143. The number of hydrogen-bond donors (Lipinski definition) is 2. The Morgan fingerprint density at radius 2 is 2.14 bits per heavy atom. The van der Waals surface area contributed by atoms with E-state index in [4.69, 9.17) is 4.74 Å². The third-order valence-corrected chi connectivity index (χ3v) is 4.45. The highest BCUT2D eigenvalue weighted by molar-refractivity contribution is 5.78. The number of amides is 1. The smallest absolute Gasteiger partial charge is 0.305 e. The molecule has 2 fully saturated rings. The van der Waals surface area contributed by atoms with Crippen LogP contribution in [0.5, 0.6) is 0 Å². The summed E-state index contributed by atoms with van der Waals surface area (Å²) in [6, 6.07) is 0. The van der Waals surface area contributed by atoms with Crippen LogP contribution in [0.1, 0.15) is 32.6 Å². The Morgan fingerprint density at radius 1 is 1.33 bits per heavy atom. The predicted molar refractivity (Wildman–Crippen MR) is 77.5 cm³/mol. The molecule has 0 bridgehead atoms. The molecule has 0 radical (unpaired) electrons. The molecular formula is C15H26N2O4. The summed E-state index contributed by atoms with van der Waals surface area (Å²) in [5, 5.41) is 12.7. The zero-order valence-electron chi connectivity index (χ0n) is 12.7. The number of likely N-dealkylation sites (tertiary alicyclic amines) is 1. The summed E-state index contributed by atoms with van der Waals surface area (Å²) in [7, 11) is 0. The van der Waals surface area contributed by atoms with Crippen LogP contribution in [0.15, 0.2) is 0 Å². The van der Waals surface area contributed by atoms with Gasteiger partial charge in [-0.1, -0.05) is 0 Å². The van der Waals surface area contributed by atoms with E-state index < -0.39 is 0 Å². The zero-order valence-corrected chi connectivity index (χ0v) is 12.7. The van der Waals surface area contributed by atoms with Crippen LogP contribution in [0.3, 0.4) is 0 Å². The molecule has 0 aromatic carbocycles. The molecule has 2 aliphatic rings. The number of rotatable bonds is 7. The van der Waals surface area contributed by atoms with Crippen molar-refractivity contribution in [3.8, 4) is 0 Å². The van der Waals surface area contributed by atoms with Crippen molar-refractivity contribution < 1.29 is 19.4 Å². The van der Waals surface area contributed by atoms with Gasteiger partial charge < -0.3 is 15.2 Å². The molecule has 2 rings (SSSR count). The van der Waals surface area contributed by atoms with Crippen LogP contribution in [-0.2, 0) is 14.3 Å². The zero-order chi connectivity index (χ0) is 15.2. The van der Waals surface area contributed by atoms with E-state index in [-0.39, 0.29) is 18.0 Å². The van der Waals surface area contributed by atoms with Gasteiger partial charge in [0, 0.05) is 32.0 Å². The summed E-state index contributed by atoms with van der Waals surface area (Å²) in [5.41, 5.74) is 0. The minimum absolute atomic E-state index is 0.00618. The van der Waals surface area contributed by atoms with Gasteiger partial charge in [0.1, 0.15) is 0 Å². The van der Waals surface area contributed by atoms with Gasteiger partial charge in [-0.3, -0.25) is 14.5 Å². The Hall–Kier alpha value is -1.14. The summed E-state index contributed by atoms with van der Waals surface area (Å²) >= 11 is 0. The van der Waals surface area contributed by atoms with Crippen LogP contribution < -0.4 is 5.32 Å². The Bertz CT molecular complexity index is 375. The van der Waals surface area contributed by atoms with Crippen molar-refractivity contribution in [1.82, 2.24) is 10.2 Å². The lowest BCUT2D eigenvalue weighted by Gasteiger charge is -2.17. The standard InChI is InChI=1S/C15H26N2O4/c1-2-21-15(20)4-3-7-16-14(19)10-17-8-11-5-6-13(18)12(11)9-17/h11-13,18H,2-10H2,1H3,(H,16,19). The Labute approximate surface area is 125 Å². The van der Waals surface area contributed by atoms with Crippen molar-refractivity contribution in [2.45, 2.75) is 38.7 Å². The SMILES string of the molecule is CCOC(=O)CCCNC(=O)CN1CC2CCC(O)C2C1. The van der Waals surface area contributed by atoms with Crippen LogP contribution in [-0.4, -0.2) is 60.8 Å². The Morgan fingerprint density at radius 3 is 2.86 bits per heavy atom. The minimum Gasteiger partial charge on any atom is -0.466 e. The monoisotopic (exact) mass is 298 g/mol. The fraction of sp³-hybridized carbons (Fsp3) is 0.867. The minimum atomic E-state index is -0.215. The summed E-state index contributed by atoms with van der Waals surface area (Å²) in [6.07, 6.45) is 2.74. The van der Waals surface area contributed by atoms with Gasteiger partial charge in [0.05, 0.1) is 19.3 Å². The van der Waals surface area contributed by atoms with Crippen molar-refractivity contribution in [3.63, 3.8) is 0 Å². The molecule has 120 valence electrons. The molecule has 6 heteroatoms. The number of esters is 1. The fourth-order valence-corrected chi connectivity index (χ4v) is 3.41. The molecule has 6 nitrogen and oxygen atoms in total. The number of nitrogens with one attached hydrogen (secondary N) is 1. The second kappa shape index (κ2) is 7.75. The maximum atomic E-state index is 11.8. The molecule has 0 aromatic rings. The maximum Gasteiger partial charge on any atom is 0.305 e. The first kappa shape index (κ1) is 16.2. The number of fused-ring (bicyclic) bond motifs is 1. The van der Waals surface area contributed by atoms with Crippen LogP contribution in [0.4, 0.5) is 0 Å². The van der Waals surface area contributed by atoms with Gasteiger partial charge in [-0.15, -0.1) is 0 Å². The Balaban J connectivity index is 1.57. The van der Waals surface area contributed by atoms with Gasteiger partial charge >= 0.3 is 5.97 Å². The van der Waals surface area contributed by atoms with Crippen LogP contribution >= 0.6 is 0 Å². The van der Waals surface area contributed by atoms with Crippen molar-refractivity contribution in [3.05, 3.63) is 0 Å². The molecule has 1 aliphatic heterocycles. The van der Waals surface area contributed by atoms with Gasteiger partial charge in [0.15, 0.2) is 0 Å². The highest BCUT2D eigenvalue weighted by atomic mass is 16.5. The molecule has 1 amide bonds. The van der Waals surface area contributed by atoms with Gasteiger partial charge in [0.25, 0.3) is 0 Å². The molecular weight excluding hydrogens is 272 g/mol. The Kier molecular flexibility index (Phi) is 5.99. The predicted octanol–water partition coefficient (Wildman–Crippen LogP) is 0.149. The number of hydrogen-bond acceptors (Lipinski definition) is 5. The van der Waals surface area contributed by atoms with Gasteiger partial charge in [-0.05, 0) is 32.1 Å². The lowest BCUT2D eigenvalue weighted by Crippen LogP contribution is -2.37. The number of carbonyl (C=O) groups is 2. The second-order valence-corrected chi connectivity index (χ2v) is 6.02. The quantitative estimate of drug-likeness (QED) is 0.517. The number of aliphatic hydroxyl groups excluding tert-OH is 1. The molecule has 1 aliphatic carbocycles. The first-order chi connectivity index (χ1) is 10.1. The van der Waals surface area contributed by atoms with Crippen LogP contribution in [0.25, 0.3) is 0 Å². The first-order valence-corrected chi connectivity index (χ1v) is 7.93. The topological polar surface area (TPSA) is 78.9 Å². The van der Waals surface area contributed by atoms with E-state index in [1.807, 2.05) is 0 Å². The van der Waals surface area contributed by atoms with Crippen molar-refractivity contribution in [2.75, 3.05) is 32.8 Å². The number of aliphatic hydroxyl groups is 1. The van der Waals surface area contributed by atoms with E-state index in [1.165, 1.54) is 0 Å². The lowest BCUT2D eigenvalue weighted by atomic mass is 10.00. The molecule has 0 aromatic heterocycles. The molecule has 3 unspecified atom stereocenters. The van der Waals surface area contributed by atoms with Crippen molar-refractivity contribution in [1.29, 1.82) is 0 Å². The molecule has 1 saturated carbocycles. The van der Waals surface area contributed by atoms with E-state index in [0.717, 1.165) is 25.9 Å². The number of nitrogens with zero attached hydrogens (tertiary/aromatic N) is 1. The third kappa shape index (κ3) is 4.68. The highest BCUT2D eigenvalue weighted by Crippen LogP contribution is 2.37. The van der Waals surface area contributed by atoms with Crippen molar-refractivity contribution >= 4 is 11.9 Å². The average Bonchev–Trinajstić information content (AvgIpc) is 2.97. The summed E-state index contributed by atoms with van der Waals surface area (Å²) < 4.78 is 4.83. The van der Waals surface area contributed by atoms with Crippen LogP contribution in [0, 0.1) is 11.8 Å². The number of ether oxygens (including phenoxy) is 1. The highest BCUT2D eigenvalue weighted by Gasteiger charge is 2.41. The van der Waals surface area contributed by atoms with E-state index in [9.17, 15) is 14.7 Å². The number of carbonyl (C=O) groups excluding carboxylic acids is 2. The van der Waals surface area contributed by atoms with E-state index >= 15 is 0 Å². The van der Waals surface area contributed by atoms with Gasteiger partial charge in [-0.25, -0.2) is 0 Å². The average molecular weight is 298 g/mol. The van der Waals surface area contributed by atoms with Gasteiger partial charge in [-0.2, -0.15) is 0 Å². The first-order valence-electron chi connectivity index (χ1n) is 7.93. The van der Waals surface area contributed by atoms with E-state index in [1.54, 1.807) is 6.92 Å². The van der Waals surface area contributed by atoms with E-state index in [2.05, 4.69) is 10.2 Å².